The highest BCUT2D eigenvalue weighted by molar-refractivity contribution is 5.98. The summed E-state index contributed by atoms with van der Waals surface area (Å²) in [6.45, 7) is 7.14. The number of benzene rings is 2. The van der Waals surface area contributed by atoms with E-state index in [-0.39, 0.29) is 5.69 Å². The molecule has 3 heterocycles. The van der Waals surface area contributed by atoms with Crippen LogP contribution in [0.3, 0.4) is 0 Å². The van der Waals surface area contributed by atoms with Gasteiger partial charge in [0.1, 0.15) is 24.5 Å². The molecule has 8 heteroatoms. The van der Waals surface area contributed by atoms with Crippen LogP contribution in [0.4, 0.5) is 5.82 Å². The average Bonchev–Trinajstić information content (AvgIpc) is 3.16. The number of aryl methyl sites for hydroxylation is 1. The number of piperidine rings is 1. The van der Waals surface area contributed by atoms with Crippen molar-refractivity contribution < 1.29 is 4.74 Å². The lowest BCUT2D eigenvalue weighted by atomic mass is 10.1. The lowest BCUT2D eigenvalue weighted by molar-refractivity contribution is 0.183. The molecule has 5 rings (SSSR count). The van der Waals surface area contributed by atoms with E-state index < -0.39 is 0 Å². The standard InChI is InChI=1S/C25H30N6O2/c1-2-31-22-15-20-19(14-21(22)29-25(31)32)24(28-17-27-20)26-16-18-8-4-5-9-23(18)33-13-12-30-10-6-3-7-11-30/h4-5,8-9,14-15,17H,2-3,6-7,10-13,16H2,1H3,(H,29,32)(H,26,27,28). The fourth-order valence-corrected chi connectivity index (χ4v) is 4.60. The molecule has 1 fully saturated rings. The predicted octanol–water partition coefficient (Wildman–Crippen LogP) is 3.77. The van der Waals surface area contributed by atoms with Gasteiger partial charge < -0.3 is 15.0 Å². The normalized spacial score (nSPS) is 14.7. The largest absolute Gasteiger partial charge is 0.492 e. The summed E-state index contributed by atoms with van der Waals surface area (Å²) in [5.41, 5.74) is 3.41. The number of hydrogen-bond acceptors (Lipinski definition) is 6. The second-order valence-electron chi connectivity index (χ2n) is 8.50. The van der Waals surface area contributed by atoms with Crippen molar-refractivity contribution in [2.45, 2.75) is 39.3 Å². The first kappa shape index (κ1) is 21.5. The van der Waals surface area contributed by atoms with Crippen molar-refractivity contribution in [3.8, 4) is 5.75 Å². The Morgan fingerprint density at radius 2 is 1.97 bits per heavy atom. The molecule has 0 bridgehead atoms. The zero-order chi connectivity index (χ0) is 22.6. The summed E-state index contributed by atoms with van der Waals surface area (Å²) < 4.78 is 7.85. The molecular weight excluding hydrogens is 416 g/mol. The molecule has 2 aromatic carbocycles. The van der Waals surface area contributed by atoms with E-state index in [9.17, 15) is 4.79 Å². The molecule has 0 atom stereocenters. The quantitative estimate of drug-likeness (QED) is 0.428. The second-order valence-corrected chi connectivity index (χ2v) is 8.50. The van der Waals surface area contributed by atoms with Crippen LogP contribution in [0.1, 0.15) is 31.7 Å². The number of anilines is 1. The number of para-hydroxylation sites is 1. The van der Waals surface area contributed by atoms with Crippen LogP contribution in [0.2, 0.25) is 0 Å². The van der Waals surface area contributed by atoms with Gasteiger partial charge in [0.15, 0.2) is 0 Å². The third kappa shape index (κ3) is 4.57. The zero-order valence-electron chi connectivity index (χ0n) is 19.0. The summed E-state index contributed by atoms with van der Waals surface area (Å²) >= 11 is 0. The lowest BCUT2D eigenvalue weighted by Crippen LogP contribution is -2.33. The third-order valence-corrected chi connectivity index (χ3v) is 6.38. The first-order chi connectivity index (χ1) is 16.2. The number of H-pyrrole nitrogens is 1. The summed E-state index contributed by atoms with van der Waals surface area (Å²) in [4.78, 5) is 26.5. The van der Waals surface area contributed by atoms with Gasteiger partial charge in [0.25, 0.3) is 0 Å². The fourth-order valence-electron chi connectivity index (χ4n) is 4.60. The molecule has 172 valence electrons. The first-order valence-electron chi connectivity index (χ1n) is 11.8. The summed E-state index contributed by atoms with van der Waals surface area (Å²) in [7, 11) is 0. The molecule has 0 amide bonds. The minimum atomic E-state index is -0.110. The van der Waals surface area contributed by atoms with Gasteiger partial charge in [-0.25, -0.2) is 14.8 Å². The molecular formula is C25H30N6O2. The molecule has 1 saturated heterocycles. The topological polar surface area (TPSA) is 88.1 Å². The SMILES string of the molecule is CCn1c(=O)[nH]c2cc3c(NCc4ccccc4OCCN4CCCCC4)ncnc3cc21. The number of rotatable bonds is 8. The van der Waals surface area contributed by atoms with Crippen molar-refractivity contribution in [2.24, 2.45) is 0 Å². The highest BCUT2D eigenvalue weighted by Crippen LogP contribution is 2.26. The highest BCUT2D eigenvalue weighted by Gasteiger charge is 2.13. The number of imidazole rings is 1. The number of aromatic amines is 1. The Balaban J connectivity index is 1.32. The zero-order valence-corrected chi connectivity index (χ0v) is 19.0. The van der Waals surface area contributed by atoms with E-state index >= 15 is 0 Å². The van der Waals surface area contributed by atoms with Crippen molar-refractivity contribution >= 4 is 27.8 Å². The molecule has 33 heavy (non-hydrogen) atoms. The van der Waals surface area contributed by atoms with Gasteiger partial charge in [-0.05, 0) is 51.1 Å². The molecule has 0 aliphatic carbocycles. The van der Waals surface area contributed by atoms with Crippen LogP contribution < -0.4 is 15.7 Å². The summed E-state index contributed by atoms with van der Waals surface area (Å²) in [5.74, 6) is 1.63. The van der Waals surface area contributed by atoms with Gasteiger partial charge in [0.05, 0.1) is 16.6 Å². The maximum atomic E-state index is 12.2. The predicted molar refractivity (Wildman–Crippen MR) is 131 cm³/mol. The maximum Gasteiger partial charge on any atom is 0.326 e. The van der Waals surface area contributed by atoms with E-state index in [1.165, 1.54) is 32.4 Å². The maximum absolute atomic E-state index is 12.2. The van der Waals surface area contributed by atoms with Gasteiger partial charge in [0.2, 0.25) is 0 Å². The van der Waals surface area contributed by atoms with Crippen molar-refractivity contribution in [3.63, 3.8) is 0 Å². The molecule has 1 aliphatic rings. The van der Waals surface area contributed by atoms with Crippen LogP contribution in [0.5, 0.6) is 5.75 Å². The number of aromatic nitrogens is 4. The number of ether oxygens (including phenoxy) is 1. The van der Waals surface area contributed by atoms with Crippen molar-refractivity contribution in [1.82, 2.24) is 24.4 Å². The number of nitrogens with one attached hydrogen (secondary N) is 2. The van der Waals surface area contributed by atoms with Crippen LogP contribution in [-0.4, -0.2) is 50.7 Å². The van der Waals surface area contributed by atoms with E-state index in [1.807, 2.05) is 37.3 Å². The Bertz CT molecular complexity index is 1310. The molecule has 0 unspecified atom stereocenters. The number of fused-ring (bicyclic) bond motifs is 2. The van der Waals surface area contributed by atoms with Crippen molar-refractivity contribution in [1.29, 1.82) is 0 Å². The van der Waals surface area contributed by atoms with Crippen molar-refractivity contribution in [2.75, 3.05) is 31.6 Å². The van der Waals surface area contributed by atoms with Crippen LogP contribution in [0.15, 0.2) is 47.5 Å². The van der Waals surface area contributed by atoms with Gasteiger partial charge in [-0.1, -0.05) is 24.6 Å². The van der Waals surface area contributed by atoms with Gasteiger partial charge in [-0.3, -0.25) is 9.47 Å². The van der Waals surface area contributed by atoms with E-state index in [2.05, 4.69) is 31.2 Å². The Hall–Kier alpha value is -3.39. The Morgan fingerprint density at radius 1 is 1.12 bits per heavy atom. The molecule has 8 nitrogen and oxygen atoms in total. The average molecular weight is 447 g/mol. The van der Waals surface area contributed by atoms with Crippen LogP contribution in [0, 0.1) is 0 Å². The molecule has 0 radical (unpaired) electrons. The Labute approximate surface area is 192 Å². The van der Waals surface area contributed by atoms with E-state index in [0.29, 0.717) is 19.7 Å². The minimum absolute atomic E-state index is 0.110. The third-order valence-electron chi connectivity index (χ3n) is 6.38. The molecule has 0 saturated carbocycles. The van der Waals surface area contributed by atoms with E-state index in [4.69, 9.17) is 4.74 Å². The second kappa shape index (κ2) is 9.62. The van der Waals surface area contributed by atoms with E-state index in [1.54, 1.807) is 10.9 Å². The minimum Gasteiger partial charge on any atom is -0.492 e. The molecule has 1 aliphatic heterocycles. The summed E-state index contributed by atoms with van der Waals surface area (Å²) in [6.07, 6.45) is 5.47. The summed E-state index contributed by atoms with van der Waals surface area (Å²) in [5, 5.41) is 4.32. The Morgan fingerprint density at radius 3 is 2.82 bits per heavy atom. The Kier molecular flexibility index (Phi) is 6.26. The smallest absolute Gasteiger partial charge is 0.326 e. The number of likely N-dealkylation sites (tertiary alicyclic amines) is 1. The van der Waals surface area contributed by atoms with Gasteiger partial charge >= 0.3 is 5.69 Å². The van der Waals surface area contributed by atoms with Gasteiger partial charge in [-0.15, -0.1) is 0 Å². The van der Waals surface area contributed by atoms with Crippen LogP contribution in [-0.2, 0) is 13.1 Å². The van der Waals surface area contributed by atoms with E-state index in [0.717, 1.165) is 45.6 Å². The first-order valence-corrected chi connectivity index (χ1v) is 11.8. The van der Waals surface area contributed by atoms with Crippen molar-refractivity contribution in [3.05, 3.63) is 58.8 Å². The highest BCUT2D eigenvalue weighted by atomic mass is 16.5. The van der Waals surface area contributed by atoms with Gasteiger partial charge in [0, 0.05) is 30.6 Å². The monoisotopic (exact) mass is 446 g/mol. The number of hydrogen-bond donors (Lipinski definition) is 2. The number of nitrogens with zero attached hydrogens (tertiary/aromatic N) is 4. The van der Waals surface area contributed by atoms with Crippen LogP contribution >= 0.6 is 0 Å². The lowest BCUT2D eigenvalue weighted by Gasteiger charge is -2.26. The summed E-state index contributed by atoms with van der Waals surface area (Å²) in [6, 6.07) is 12.0. The van der Waals surface area contributed by atoms with Gasteiger partial charge in [-0.2, -0.15) is 0 Å². The molecule has 4 aromatic rings. The fraction of sp³-hybridized carbons (Fsp3) is 0.400. The molecule has 2 N–H and O–H groups in total. The molecule has 0 spiro atoms. The van der Waals surface area contributed by atoms with Crippen LogP contribution in [0.25, 0.3) is 21.9 Å². The molecule has 2 aromatic heterocycles.